The maximum atomic E-state index is 12.5. The fourth-order valence-corrected chi connectivity index (χ4v) is 2.74. The van der Waals surface area contributed by atoms with Gasteiger partial charge < -0.3 is 10.2 Å². The van der Waals surface area contributed by atoms with E-state index in [1.54, 1.807) is 0 Å². The number of hydrogen-bond donors (Lipinski definition) is 1. The van der Waals surface area contributed by atoms with Gasteiger partial charge in [0, 0.05) is 31.2 Å². The molecule has 108 valence electrons. The standard InChI is InChI=1S/C18H20N2O/c1-14-13-20(12-11-19-14)18(21)17-9-7-16(8-10-17)15-5-3-2-4-6-15/h2-10,14,19H,11-13H2,1H3/t14-/m0/s1. The van der Waals surface area contributed by atoms with Crippen molar-refractivity contribution in [3.8, 4) is 11.1 Å². The lowest BCUT2D eigenvalue weighted by Crippen LogP contribution is -2.51. The van der Waals surface area contributed by atoms with Crippen molar-refractivity contribution in [3.05, 3.63) is 60.2 Å². The zero-order valence-electron chi connectivity index (χ0n) is 12.3. The quantitative estimate of drug-likeness (QED) is 0.917. The molecule has 1 N–H and O–H groups in total. The van der Waals surface area contributed by atoms with Gasteiger partial charge in [0.25, 0.3) is 5.91 Å². The van der Waals surface area contributed by atoms with Gasteiger partial charge in [0.1, 0.15) is 0 Å². The van der Waals surface area contributed by atoms with E-state index < -0.39 is 0 Å². The highest BCUT2D eigenvalue weighted by Gasteiger charge is 2.21. The summed E-state index contributed by atoms with van der Waals surface area (Å²) < 4.78 is 0. The van der Waals surface area contributed by atoms with Gasteiger partial charge in [-0.3, -0.25) is 4.79 Å². The fourth-order valence-electron chi connectivity index (χ4n) is 2.74. The van der Waals surface area contributed by atoms with E-state index in [1.165, 1.54) is 5.56 Å². The molecular formula is C18H20N2O. The van der Waals surface area contributed by atoms with E-state index in [0.717, 1.165) is 30.8 Å². The van der Waals surface area contributed by atoms with Crippen LogP contribution in [-0.2, 0) is 0 Å². The summed E-state index contributed by atoms with van der Waals surface area (Å²) in [6, 6.07) is 18.5. The first-order valence-corrected chi connectivity index (χ1v) is 7.42. The van der Waals surface area contributed by atoms with E-state index in [2.05, 4.69) is 24.4 Å². The zero-order valence-corrected chi connectivity index (χ0v) is 12.3. The molecule has 3 heteroatoms. The Morgan fingerprint density at radius 1 is 1.05 bits per heavy atom. The molecule has 2 aromatic rings. The number of amides is 1. The summed E-state index contributed by atoms with van der Waals surface area (Å²) in [6.45, 7) is 4.54. The van der Waals surface area contributed by atoms with Crippen LogP contribution in [0.25, 0.3) is 11.1 Å². The second-order valence-corrected chi connectivity index (χ2v) is 5.55. The molecule has 1 aliphatic rings. The molecule has 3 rings (SSSR count). The molecule has 0 bridgehead atoms. The topological polar surface area (TPSA) is 32.3 Å². The number of carbonyl (C=O) groups excluding carboxylic acids is 1. The maximum Gasteiger partial charge on any atom is 0.253 e. The molecule has 0 unspecified atom stereocenters. The van der Waals surface area contributed by atoms with Crippen LogP contribution in [0.1, 0.15) is 17.3 Å². The van der Waals surface area contributed by atoms with Crippen molar-refractivity contribution in [2.24, 2.45) is 0 Å². The molecular weight excluding hydrogens is 260 g/mol. The largest absolute Gasteiger partial charge is 0.336 e. The van der Waals surface area contributed by atoms with Crippen molar-refractivity contribution >= 4 is 5.91 Å². The van der Waals surface area contributed by atoms with Gasteiger partial charge in [0.05, 0.1) is 0 Å². The van der Waals surface area contributed by atoms with Gasteiger partial charge in [-0.05, 0) is 30.2 Å². The van der Waals surface area contributed by atoms with Crippen LogP contribution >= 0.6 is 0 Å². The molecule has 0 radical (unpaired) electrons. The summed E-state index contributed by atoms with van der Waals surface area (Å²) in [7, 11) is 0. The number of piperazine rings is 1. The highest BCUT2D eigenvalue weighted by atomic mass is 16.2. The summed E-state index contributed by atoms with van der Waals surface area (Å²) >= 11 is 0. The summed E-state index contributed by atoms with van der Waals surface area (Å²) in [5.74, 6) is 0.128. The molecule has 2 aromatic carbocycles. The Morgan fingerprint density at radius 3 is 2.38 bits per heavy atom. The lowest BCUT2D eigenvalue weighted by Gasteiger charge is -2.32. The maximum absolute atomic E-state index is 12.5. The van der Waals surface area contributed by atoms with Crippen LogP contribution in [-0.4, -0.2) is 36.5 Å². The van der Waals surface area contributed by atoms with E-state index in [0.29, 0.717) is 6.04 Å². The van der Waals surface area contributed by atoms with Crippen molar-refractivity contribution < 1.29 is 4.79 Å². The average Bonchev–Trinajstić information content (AvgIpc) is 2.55. The molecule has 0 aliphatic carbocycles. The predicted octanol–water partition coefficient (Wildman–Crippen LogP) is 2.79. The Balaban J connectivity index is 1.76. The van der Waals surface area contributed by atoms with Crippen LogP contribution < -0.4 is 5.32 Å². The first kappa shape index (κ1) is 13.8. The number of hydrogen-bond acceptors (Lipinski definition) is 2. The van der Waals surface area contributed by atoms with Crippen LogP contribution in [0, 0.1) is 0 Å². The van der Waals surface area contributed by atoms with Crippen molar-refractivity contribution in [2.45, 2.75) is 13.0 Å². The minimum atomic E-state index is 0.128. The Kier molecular flexibility index (Phi) is 4.02. The second-order valence-electron chi connectivity index (χ2n) is 5.55. The third-order valence-corrected chi connectivity index (χ3v) is 3.89. The highest BCUT2D eigenvalue weighted by Crippen LogP contribution is 2.20. The van der Waals surface area contributed by atoms with E-state index in [4.69, 9.17) is 0 Å². The zero-order chi connectivity index (χ0) is 14.7. The lowest BCUT2D eigenvalue weighted by molar-refractivity contribution is 0.0709. The second kappa shape index (κ2) is 6.10. The van der Waals surface area contributed by atoms with Crippen molar-refractivity contribution in [1.29, 1.82) is 0 Å². The van der Waals surface area contributed by atoms with Crippen LogP contribution in [0.4, 0.5) is 0 Å². The van der Waals surface area contributed by atoms with Crippen LogP contribution in [0.5, 0.6) is 0 Å². The van der Waals surface area contributed by atoms with Crippen LogP contribution in [0.3, 0.4) is 0 Å². The number of nitrogens with one attached hydrogen (secondary N) is 1. The van der Waals surface area contributed by atoms with Gasteiger partial charge in [-0.15, -0.1) is 0 Å². The summed E-state index contributed by atoms with van der Waals surface area (Å²) in [4.78, 5) is 14.4. The SMILES string of the molecule is C[C@H]1CN(C(=O)c2ccc(-c3ccccc3)cc2)CCN1. The van der Waals surface area contributed by atoms with Gasteiger partial charge in [-0.25, -0.2) is 0 Å². The minimum Gasteiger partial charge on any atom is -0.336 e. The number of carbonyl (C=O) groups is 1. The molecule has 0 saturated carbocycles. The molecule has 1 aliphatic heterocycles. The van der Waals surface area contributed by atoms with Crippen molar-refractivity contribution in [3.63, 3.8) is 0 Å². The van der Waals surface area contributed by atoms with Gasteiger partial charge in [-0.1, -0.05) is 42.5 Å². The summed E-state index contributed by atoms with van der Waals surface area (Å²) in [5.41, 5.74) is 3.08. The highest BCUT2D eigenvalue weighted by molar-refractivity contribution is 5.94. The van der Waals surface area contributed by atoms with Crippen molar-refractivity contribution in [2.75, 3.05) is 19.6 Å². The van der Waals surface area contributed by atoms with Crippen LogP contribution in [0.2, 0.25) is 0 Å². The molecule has 1 fully saturated rings. The normalized spacial score (nSPS) is 18.5. The monoisotopic (exact) mass is 280 g/mol. The molecule has 0 spiro atoms. The molecule has 1 atom stereocenters. The Bertz CT molecular complexity index is 607. The van der Waals surface area contributed by atoms with Gasteiger partial charge in [0.2, 0.25) is 0 Å². The third kappa shape index (κ3) is 3.14. The lowest BCUT2D eigenvalue weighted by atomic mass is 10.0. The molecule has 21 heavy (non-hydrogen) atoms. The summed E-state index contributed by atoms with van der Waals surface area (Å²) in [6.07, 6.45) is 0. The molecule has 0 aromatic heterocycles. The first-order chi connectivity index (χ1) is 10.2. The number of nitrogens with zero attached hydrogens (tertiary/aromatic N) is 1. The molecule has 1 saturated heterocycles. The average molecular weight is 280 g/mol. The smallest absolute Gasteiger partial charge is 0.253 e. The molecule has 3 nitrogen and oxygen atoms in total. The van der Waals surface area contributed by atoms with E-state index in [9.17, 15) is 4.79 Å². The Morgan fingerprint density at radius 2 is 1.71 bits per heavy atom. The molecule has 1 heterocycles. The van der Waals surface area contributed by atoms with Crippen LogP contribution in [0.15, 0.2) is 54.6 Å². The summed E-state index contributed by atoms with van der Waals surface area (Å²) in [5, 5.41) is 3.35. The predicted molar refractivity (Wildman–Crippen MR) is 85.2 cm³/mol. The molecule has 1 amide bonds. The Labute approximate surface area is 125 Å². The van der Waals surface area contributed by atoms with Gasteiger partial charge in [0.15, 0.2) is 0 Å². The van der Waals surface area contributed by atoms with Gasteiger partial charge >= 0.3 is 0 Å². The van der Waals surface area contributed by atoms with E-state index in [-0.39, 0.29) is 5.91 Å². The van der Waals surface area contributed by atoms with E-state index in [1.807, 2.05) is 47.4 Å². The minimum absolute atomic E-state index is 0.128. The first-order valence-electron chi connectivity index (χ1n) is 7.42. The fraction of sp³-hybridized carbons (Fsp3) is 0.278. The Hall–Kier alpha value is -2.13. The van der Waals surface area contributed by atoms with Crippen molar-refractivity contribution in [1.82, 2.24) is 10.2 Å². The van der Waals surface area contributed by atoms with E-state index >= 15 is 0 Å². The third-order valence-electron chi connectivity index (χ3n) is 3.89. The number of rotatable bonds is 2. The van der Waals surface area contributed by atoms with Gasteiger partial charge in [-0.2, -0.15) is 0 Å². The number of benzene rings is 2.